The fourth-order valence-corrected chi connectivity index (χ4v) is 4.83. The second-order valence-corrected chi connectivity index (χ2v) is 7.87. The van der Waals surface area contributed by atoms with Gasteiger partial charge in [-0.1, -0.05) is 48.6 Å². The number of nitrogens with zero attached hydrogens (tertiary/aromatic N) is 2. The Morgan fingerprint density at radius 2 is 1.74 bits per heavy atom. The average Bonchev–Trinajstić information content (AvgIpc) is 3.22. The van der Waals surface area contributed by atoms with E-state index < -0.39 is 0 Å². The summed E-state index contributed by atoms with van der Waals surface area (Å²) in [6.07, 6.45) is 8.11. The van der Waals surface area contributed by atoms with Gasteiger partial charge in [0.15, 0.2) is 0 Å². The molecular formula is C23H25N3O. The van der Waals surface area contributed by atoms with E-state index in [1.54, 1.807) is 0 Å². The number of aryl methyl sites for hydroxylation is 1. The molecule has 5 rings (SSSR count). The van der Waals surface area contributed by atoms with Crippen LogP contribution in [-0.4, -0.2) is 34.1 Å². The van der Waals surface area contributed by atoms with Crippen molar-refractivity contribution in [3.05, 3.63) is 76.2 Å². The Labute approximate surface area is 159 Å². The summed E-state index contributed by atoms with van der Waals surface area (Å²) in [6.45, 7) is 4.07. The molecule has 0 saturated carbocycles. The molecule has 27 heavy (non-hydrogen) atoms. The third-order valence-electron chi connectivity index (χ3n) is 6.37. The van der Waals surface area contributed by atoms with Crippen molar-refractivity contribution in [1.82, 2.24) is 14.5 Å². The van der Waals surface area contributed by atoms with Gasteiger partial charge < -0.3 is 9.88 Å². The van der Waals surface area contributed by atoms with Crippen LogP contribution in [0.1, 0.15) is 30.4 Å². The summed E-state index contributed by atoms with van der Waals surface area (Å²) in [7, 11) is 0. The molecular weight excluding hydrogens is 334 g/mol. The normalized spacial score (nSPS) is 18.4. The third kappa shape index (κ3) is 2.85. The molecule has 1 fully saturated rings. The second kappa shape index (κ2) is 6.54. The number of aromatic amines is 1. The number of imidazole rings is 1. The van der Waals surface area contributed by atoms with Gasteiger partial charge in [-0.15, -0.1) is 0 Å². The maximum atomic E-state index is 12.2. The number of benzene rings is 2. The van der Waals surface area contributed by atoms with Gasteiger partial charge in [-0.3, -0.25) is 4.57 Å². The van der Waals surface area contributed by atoms with Crippen molar-refractivity contribution in [3.63, 3.8) is 0 Å². The summed E-state index contributed by atoms with van der Waals surface area (Å²) < 4.78 is 1.87. The van der Waals surface area contributed by atoms with Gasteiger partial charge in [0.25, 0.3) is 0 Å². The first kappa shape index (κ1) is 16.6. The smallest absolute Gasteiger partial charge is 0.306 e. The predicted octanol–water partition coefficient (Wildman–Crippen LogP) is 3.78. The van der Waals surface area contributed by atoms with Crippen LogP contribution >= 0.6 is 0 Å². The Balaban J connectivity index is 1.20. The van der Waals surface area contributed by atoms with Crippen molar-refractivity contribution >= 4 is 17.1 Å². The van der Waals surface area contributed by atoms with Gasteiger partial charge >= 0.3 is 5.69 Å². The molecule has 4 nitrogen and oxygen atoms in total. The maximum Gasteiger partial charge on any atom is 0.326 e. The molecule has 0 unspecified atom stereocenters. The minimum absolute atomic E-state index is 0.00139. The number of allylic oxidation sites excluding steroid dienone is 1. The molecule has 1 saturated heterocycles. The number of piperidine rings is 1. The molecule has 1 aliphatic carbocycles. The summed E-state index contributed by atoms with van der Waals surface area (Å²) in [4.78, 5) is 17.7. The Kier molecular flexibility index (Phi) is 4.01. The quantitative estimate of drug-likeness (QED) is 0.770. The van der Waals surface area contributed by atoms with E-state index in [2.05, 4.69) is 46.3 Å². The Hall–Kier alpha value is -2.59. The minimum Gasteiger partial charge on any atom is -0.306 e. The molecule has 1 N–H and O–H groups in total. The van der Waals surface area contributed by atoms with Crippen molar-refractivity contribution in [3.8, 4) is 0 Å². The average molecular weight is 359 g/mol. The van der Waals surface area contributed by atoms with Gasteiger partial charge in [-0.2, -0.15) is 0 Å². The number of hydrogen-bond donors (Lipinski definition) is 1. The van der Waals surface area contributed by atoms with Gasteiger partial charge in [-0.25, -0.2) is 4.79 Å². The van der Waals surface area contributed by atoms with Crippen molar-refractivity contribution < 1.29 is 0 Å². The molecule has 0 bridgehead atoms. The highest BCUT2D eigenvalue weighted by Gasteiger charge is 2.37. The lowest BCUT2D eigenvalue weighted by atomic mass is 9.74. The summed E-state index contributed by atoms with van der Waals surface area (Å²) in [5, 5.41) is 0. The monoisotopic (exact) mass is 359 g/mol. The lowest BCUT2D eigenvalue weighted by Crippen LogP contribution is -2.41. The molecule has 1 spiro atoms. The van der Waals surface area contributed by atoms with E-state index in [1.807, 2.05) is 28.8 Å². The van der Waals surface area contributed by atoms with Gasteiger partial charge in [0, 0.05) is 12.0 Å². The molecule has 0 radical (unpaired) electrons. The number of para-hydroxylation sites is 2. The van der Waals surface area contributed by atoms with E-state index in [-0.39, 0.29) is 11.1 Å². The SMILES string of the molecule is O=c1[nH]c2ccccc2n1CCCN1CCC2(C=Cc3ccccc32)CC1. The number of aromatic nitrogens is 2. The van der Waals surface area contributed by atoms with Crippen LogP contribution in [0.5, 0.6) is 0 Å². The zero-order valence-corrected chi connectivity index (χ0v) is 15.5. The van der Waals surface area contributed by atoms with Crippen molar-refractivity contribution in [2.75, 3.05) is 19.6 Å². The lowest BCUT2D eigenvalue weighted by Gasteiger charge is -2.39. The Morgan fingerprint density at radius 1 is 0.963 bits per heavy atom. The highest BCUT2D eigenvalue weighted by molar-refractivity contribution is 5.74. The molecule has 2 heterocycles. The zero-order chi connectivity index (χ0) is 18.3. The molecule has 1 aliphatic heterocycles. The van der Waals surface area contributed by atoms with E-state index in [9.17, 15) is 4.79 Å². The molecule has 3 aromatic rings. The second-order valence-electron chi connectivity index (χ2n) is 7.87. The molecule has 138 valence electrons. The van der Waals surface area contributed by atoms with E-state index in [0.717, 1.165) is 43.6 Å². The number of hydrogen-bond acceptors (Lipinski definition) is 2. The Bertz CT molecular complexity index is 1050. The van der Waals surface area contributed by atoms with Crippen LogP contribution in [0.15, 0.2) is 59.4 Å². The van der Waals surface area contributed by atoms with E-state index in [1.165, 1.54) is 24.0 Å². The van der Waals surface area contributed by atoms with Crippen LogP contribution in [0, 0.1) is 0 Å². The minimum atomic E-state index is 0.00139. The number of H-pyrrole nitrogens is 1. The van der Waals surface area contributed by atoms with Crippen molar-refractivity contribution in [2.45, 2.75) is 31.2 Å². The summed E-state index contributed by atoms with van der Waals surface area (Å²) in [5.41, 5.74) is 5.09. The number of rotatable bonds is 4. The number of nitrogens with one attached hydrogen (secondary N) is 1. The highest BCUT2D eigenvalue weighted by atomic mass is 16.1. The number of likely N-dealkylation sites (tertiary alicyclic amines) is 1. The molecule has 2 aromatic carbocycles. The lowest BCUT2D eigenvalue weighted by molar-refractivity contribution is 0.180. The largest absolute Gasteiger partial charge is 0.326 e. The topological polar surface area (TPSA) is 41.0 Å². The zero-order valence-electron chi connectivity index (χ0n) is 15.5. The standard InChI is InChI=1S/C23H25N3O/c27-22-24-20-8-3-4-9-21(20)26(22)15-5-14-25-16-12-23(13-17-25)11-10-18-6-1-2-7-19(18)23/h1-4,6-11H,5,12-17H2,(H,24,27). The van der Waals surface area contributed by atoms with Gasteiger partial charge in [-0.05, 0) is 62.2 Å². The van der Waals surface area contributed by atoms with E-state index in [0.29, 0.717) is 0 Å². The Morgan fingerprint density at radius 3 is 2.63 bits per heavy atom. The van der Waals surface area contributed by atoms with Gasteiger partial charge in [0.1, 0.15) is 0 Å². The van der Waals surface area contributed by atoms with Gasteiger partial charge in [0.2, 0.25) is 0 Å². The van der Waals surface area contributed by atoms with Crippen LogP contribution < -0.4 is 5.69 Å². The fourth-order valence-electron chi connectivity index (χ4n) is 4.83. The molecule has 4 heteroatoms. The van der Waals surface area contributed by atoms with E-state index >= 15 is 0 Å². The van der Waals surface area contributed by atoms with E-state index in [4.69, 9.17) is 0 Å². The van der Waals surface area contributed by atoms with Crippen molar-refractivity contribution in [1.29, 1.82) is 0 Å². The molecule has 0 amide bonds. The van der Waals surface area contributed by atoms with Crippen LogP contribution in [-0.2, 0) is 12.0 Å². The van der Waals surface area contributed by atoms with Gasteiger partial charge in [0.05, 0.1) is 11.0 Å². The van der Waals surface area contributed by atoms with Crippen LogP contribution in [0.25, 0.3) is 17.1 Å². The first-order valence-corrected chi connectivity index (χ1v) is 9.94. The maximum absolute atomic E-state index is 12.2. The van der Waals surface area contributed by atoms with Crippen LogP contribution in [0.2, 0.25) is 0 Å². The predicted molar refractivity (Wildman–Crippen MR) is 110 cm³/mol. The third-order valence-corrected chi connectivity index (χ3v) is 6.37. The molecule has 1 aromatic heterocycles. The first-order valence-electron chi connectivity index (χ1n) is 9.94. The summed E-state index contributed by atoms with van der Waals surface area (Å²) in [5.74, 6) is 0. The fraction of sp³-hybridized carbons (Fsp3) is 0.348. The molecule has 2 aliphatic rings. The first-order chi connectivity index (χ1) is 13.3. The van der Waals surface area contributed by atoms with Crippen LogP contribution in [0.4, 0.5) is 0 Å². The summed E-state index contributed by atoms with van der Waals surface area (Å²) >= 11 is 0. The highest BCUT2D eigenvalue weighted by Crippen LogP contribution is 2.43. The summed E-state index contributed by atoms with van der Waals surface area (Å²) in [6, 6.07) is 16.8. The van der Waals surface area contributed by atoms with Crippen molar-refractivity contribution in [2.24, 2.45) is 0 Å². The number of fused-ring (bicyclic) bond motifs is 3. The molecule has 0 atom stereocenters. The van der Waals surface area contributed by atoms with Crippen LogP contribution in [0.3, 0.4) is 0 Å².